The van der Waals surface area contributed by atoms with Gasteiger partial charge in [0.15, 0.2) is 0 Å². The topological polar surface area (TPSA) is 55.4 Å². The van der Waals surface area contributed by atoms with E-state index in [0.717, 1.165) is 11.1 Å². The van der Waals surface area contributed by atoms with Gasteiger partial charge in [-0.25, -0.2) is 0 Å². The zero-order valence-electron chi connectivity index (χ0n) is 12.7. The number of amides is 1. The molecule has 4 nitrogen and oxygen atoms in total. The number of hydrogen-bond donors (Lipinski definition) is 1. The number of allylic oxidation sites excluding steroid dienone is 2. The first-order valence-electron chi connectivity index (χ1n) is 7.88. The van der Waals surface area contributed by atoms with Crippen molar-refractivity contribution >= 4 is 11.9 Å². The monoisotopic (exact) mass is 299 g/mol. The summed E-state index contributed by atoms with van der Waals surface area (Å²) in [5.74, 6) is -0.348. The second-order valence-corrected chi connectivity index (χ2v) is 6.07. The van der Waals surface area contributed by atoms with Crippen molar-refractivity contribution in [3.05, 3.63) is 47.5 Å². The zero-order valence-corrected chi connectivity index (χ0v) is 12.7. The lowest BCUT2D eigenvalue weighted by molar-refractivity contribution is -0.155. The molecular weight excluding hydrogens is 278 g/mol. The third-order valence-corrected chi connectivity index (χ3v) is 4.36. The number of carbonyl (C=O) groups excluding carboxylic acids is 2. The van der Waals surface area contributed by atoms with Crippen molar-refractivity contribution in [1.29, 1.82) is 0 Å². The van der Waals surface area contributed by atoms with Gasteiger partial charge in [-0.05, 0) is 24.0 Å². The summed E-state index contributed by atoms with van der Waals surface area (Å²) in [4.78, 5) is 24.3. The van der Waals surface area contributed by atoms with Gasteiger partial charge in [0, 0.05) is 12.8 Å². The maximum absolute atomic E-state index is 12.2. The van der Waals surface area contributed by atoms with Gasteiger partial charge in [0.2, 0.25) is 5.91 Å². The highest BCUT2D eigenvalue weighted by atomic mass is 16.5. The number of fused-ring (bicyclic) bond motifs is 3. The normalized spacial score (nSPS) is 30.1. The quantitative estimate of drug-likeness (QED) is 0.592. The Labute approximate surface area is 130 Å². The fourth-order valence-corrected chi connectivity index (χ4v) is 3.08. The van der Waals surface area contributed by atoms with Crippen LogP contribution < -0.4 is 5.32 Å². The largest absolute Gasteiger partial charge is 0.459 e. The van der Waals surface area contributed by atoms with E-state index in [1.165, 1.54) is 0 Å². The summed E-state index contributed by atoms with van der Waals surface area (Å²) in [5.41, 5.74) is 2.21. The number of carbonyl (C=O) groups is 2. The molecule has 116 valence electrons. The molecule has 0 fully saturated rings. The maximum Gasteiger partial charge on any atom is 0.309 e. The van der Waals surface area contributed by atoms with Gasteiger partial charge in [-0.2, -0.15) is 0 Å². The molecule has 1 aliphatic heterocycles. The van der Waals surface area contributed by atoms with Crippen molar-refractivity contribution in [2.24, 2.45) is 5.92 Å². The third-order valence-electron chi connectivity index (χ3n) is 4.36. The maximum atomic E-state index is 12.2. The second kappa shape index (κ2) is 6.34. The van der Waals surface area contributed by atoms with Crippen LogP contribution in [0.2, 0.25) is 0 Å². The van der Waals surface area contributed by atoms with Gasteiger partial charge in [0.25, 0.3) is 0 Å². The second-order valence-electron chi connectivity index (χ2n) is 6.07. The molecule has 3 atom stereocenters. The van der Waals surface area contributed by atoms with Gasteiger partial charge in [0.05, 0.1) is 12.0 Å². The molecule has 0 saturated carbocycles. The molecule has 1 aliphatic carbocycles. The smallest absolute Gasteiger partial charge is 0.309 e. The molecule has 1 heterocycles. The van der Waals surface area contributed by atoms with Crippen LogP contribution in [0.25, 0.3) is 0 Å². The minimum atomic E-state index is -0.306. The van der Waals surface area contributed by atoms with Crippen molar-refractivity contribution < 1.29 is 14.3 Å². The molecular formula is C18H21NO3. The highest BCUT2D eigenvalue weighted by Crippen LogP contribution is 2.34. The molecule has 4 heteroatoms. The Hall–Kier alpha value is -2.10. The van der Waals surface area contributed by atoms with E-state index >= 15 is 0 Å². The molecule has 1 unspecified atom stereocenters. The molecule has 0 radical (unpaired) electrons. The zero-order chi connectivity index (χ0) is 15.5. The summed E-state index contributed by atoms with van der Waals surface area (Å²) < 4.78 is 5.70. The van der Waals surface area contributed by atoms with Gasteiger partial charge in [-0.1, -0.05) is 43.3 Å². The first-order chi connectivity index (χ1) is 10.6. The lowest BCUT2D eigenvalue weighted by atomic mass is 10.1. The summed E-state index contributed by atoms with van der Waals surface area (Å²) in [6, 6.07) is 7.73. The fourth-order valence-electron chi connectivity index (χ4n) is 3.08. The van der Waals surface area contributed by atoms with E-state index in [4.69, 9.17) is 4.74 Å². The Balaban J connectivity index is 1.87. The molecule has 0 aromatic heterocycles. The number of nitrogens with one attached hydrogen (secondary N) is 1. The third kappa shape index (κ3) is 3.06. The van der Waals surface area contributed by atoms with Gasteiger partial charge < -0.3 is 10.1 Å². The highest BCUT2D eigenvalue weighted by molar-refractivity contribution is 5.77. The molecule has 3 rings (SSSR count). The van der Waals surface area contributed by atoms with E-state index in [1.807, 2.05) is 43.3 Å². The molecule has 1 amide bonds. The number of esters is 1. The van der Waals surface area contributed by atoms with Crippen LogP contribution in [0, 0.1) is 5.92 Å². The van der Waals surface area contributed by atoms with Crippen LogP contribution in [0.3, 0.4) is 0 Å². The standard InChI is InChI=1S/C18H21NO3/c1-12-7-3-2-4-10-16(20)19-17-14-9-6-5-8-13(14)11-15(17)22-18(12)21/h2-3,5-6,8-9,12,15,17H,4,7,10-11H2,1H3,(H,19,20)/b3-2+/t12-,15?,17-/m1/s1. The summed E-state index contributed by atoms with van der Waals surface area (Å²) in [6.07, 6.45) is 6.10. The predicted octanol–water partition coefficient (Wildman–Crippen LogP) is 2.69. The summed E-state index contributed by atoms with van der Waals surface area (Å²) in [7, 11) is 0. The number of ether oxygens (including phenoxy) is 1. The molecule has 2 aliphatic rings. The Morgan fingerprint density at radius 2 is 2.00 bits per heavy atom. The van der Waals surface area contributed by atoms with E-state index < -0.39 is 0 Å². The molecule has 0 spiro atoms. The molecule has 0 bridgehead atoms. The summed E-state index contributed by atoms with van der Waals surface area (Å²) >= 11 is 0. The van der Waals surface area contributed by atoms with Crippen LogP contribution >= 0.6 is 0 Å². The molecule has 1 aromatic rings. The lowest BCUT2D eigenvalue weighted by Crippen LogP contribution is -2.37. The van der Waals surface area contributed by atoms with E-state index in [9.17, 15) is 9.59 Å². The van der Waals surface area contributed by atoms with Gasteiger partial charge in [0.1, 0.15) is 6.10 Å². The van der Waals surface area contributed by atoms with E-state index in [-0.39, 0.29) is 29.9 Å². The van der Waals surface area contributed by atoms with Crippen LogP contribution in [0.5, 0.6) is 0 Å². The van der Waals surface area contributed by atoms with Gasteiger partial charge >= 0.3 is 5.97 Å². The van der Waals surface area contributed by atoms with Gasteiger partial charge in [-0.15, -0.1) is 0 Å². The van der Waals surface area contributed by atoms with E-state index in [0.29, 0.717) is 25.7 Å². The van der Waals surface area contributed by atoms with Crippen LogP contribution in [0.1, 0.15) is 43.4 Å². The number of rotatable bonds is 0. The predicted molar refractivity (Wildman–Crippen MR) is 83.1 cm³/mol. The molecule has 1 N–H and O–H groups in total. The Kier molecular flexibility index (Phi) is 4.27. The Morgan fingerprint density at radius 1 is 1.18 bits per heavy atom. The number of hydrogen-bond acceptors (Lipinski definition) is 3. The minimum absolute atomic E-state index is 0.000948. The van der Waals surface area contributed by atoms with Crippen molar-refractivity contribution in [3.63, 3.8) is 0 Å². The SMILES string of the molecule is C[C@@H]1C/C=C/CCC(=O)N[C@@H]2c3ccccc3CC2OC1=O. The fraction of sp³-hybridized carbons (Fsp3) is 0.444. The van der Waals surface area contributed by atoms with Crippen LogP contribution in [-0.2, 0) is 20.7 Å². The molecule has 0 saturated heterocycles. The van der Waals surface area contributed by atoms with Crippen LogP contribution in [-0.4, -0.2) is 18.0 Å². The van der Waals surface area contributed by atoms with Crippen molar-refractivity contribution in [3.8, 4) is 0 Å². The Bertz CT molecular complexity index is 608. The van der Waals surface area contributed by atoms with E-state index in [1.54, 1.807) is 0 Å². The van der Waals surface area contributed by atoms with Crippen LogP contribution in [0.15, 0.2) is 36.4 Å². The highest BCUT2D eigenvalue weighted by Gasteiger charge is 2.36. The van der Waals surface area contributed by atoms with Crippen LogP contribution in [0.4, 0.5) is 0 Å². The van der Waals surface area contributed by atoms with Crippen molar-refractivity contribution in [2.75, 3.05) is 0 Å². The molecule has 22 heavy (non-hydrogen) atoms. The van der Waals surface area contributed by atoms with E-state index in [2.05, 4.69) is 5.32 Å². The summed E-state index contributed by atoms with van der Waals surface area (Å²) in [5, 5.41) is 3.04. The average molecular weight is 299 g/mol. The van der Waals surface area contributed by atoms with Crippen molar-refractivity contribution in [2.45, 2.75) is 44.8 Å². The van der Waals surface area contributed by atoms with Gasteiger partial charge in [-0.3, -0.25) is 9.59 Å². The van der Waals surface area contributed by atoms with Crippen molar-refractivity contribution in [1.82, 2.24) is 5.32 Å². The lowest BCUT2D eigenvalue weighted by Gasteiger charge is -2.24. The average Bonchev–Trinajstić information content (AvgIpc) is 2.83. The first kappa shape index (κ1) is 14.8. The minimum Gasteiger partial charge on any atom is -0.459 e. The Morgan fingerprint density at radius 3 is 2.86 bits per heavy atom. The molecule has 1 aromatic carbocycles. The summed E-state index contributed by atoms with van der Waals surface area (Å²) in [6.45, 7) is 1.88. The number of benzene rings is 1. The first-order valence-corrected chi connectivity index (χ1v) is 7.88.